The standard InChI is InChI=1S/C12H7N3S/c1-2-11(16-9-1)4-3-10-6-8-15-12(14-10)5-7-13-15/h1-2,5-9H. The number of hydrogen-bond acceptors (Lipinski definition) is 3. The van der Waals surface area contributed by atoms with Gasteiger partial charge >= 0.3 is 0 Å². The summed E-state index contributed by atoms with van der Waals surface area (Å²) >= 11 is 1.63. The van der Waals surface area contributed by atoms with Crippen molar-refractivity contribution in [1.82, 2.24) is 14.6 Å². The molecule has 0 aliphatic heterocycles. The second-order valence-corrected chi connectivity index (χ2v) is 4.12. The lowest BCUT2D eigenvalue weighted by molar-refractivity contribution is 0.936. The maximum atomic E-state index is 4.37. The van der Waals surface area contributed by atoms with Crippen LogP contribution in [0.15, 0.2) is 42.0 Å². The van der Waals surface area contributed by atoms with Crippen molar-refractivity contribution in [3.05, 3.63) is 52.6 Å². The van der Waals surface area contributed by atoms with Gasteiger partial charge in [0.1, 0.15) is 5.69 Å². The van der Waals surface area contributed by atoms with E-state index in [1.165, 1.54) is 0 Å². The molecule has 0 aliphatic carbocycles. The van der Waals surface area contributed by atoms with Gasteiger partial charge in [-0.05, 0) is 29.4 Å². The van der Waals surface area contributed by atoms with Crippen molar-refractivity contribution in [1.29, 1.82) is 0 Å². The zero-order valence-corrected chi connectivity index (χ0v) is 9.11. The third-order valence-electron chi connectivity index (χ3n) is 2.09. The fourth-order valence-corrected chi connectivity index (χ4v) is 1.93. The summed E-state index contributed by atoms with van der Waals surface area (Å²) in [5.41, 5.74) is 1.58. The van der Waals surface area contributed by atoms with Crippen LogP contribution in [-0.2, 0) is 0 Å². The third-order valence-corrected chi connectivity index (χ3v) is 2.88. The Morgan fingerprint density at radius 1 is 1.19 bits per heavy atom. The maximum Gasteiger partial charge on any atom is 0.156 e. The van der Waals surface area contributed by atoms with Crippen LogP contribution in [-0.4, -0.2) is 14.6 Å². The molecule has 0 aliphatic rings. The maximum absolute atomic E-state index is 4.37. The minimum absolute atomic E-state index is 0.765. The first-order chi connectivity index (χ1) is 7.92. The highest BCUT2D eigenvalue weighted by atomic mass is 32.1. The first-order valence-electron chi connectivity index (χ1n) is 4.78. The second-order valence-electron chi connectivity index (χ2n) is 3.17. The third kappa shape index (κ3) is 1.69. The fourth-order valence-electron chi connectivity index (χ4n) is 1.36. The van der Waals surface area contributed by atoms with Gasteiger partial charge in [-0.3, -0.25) is 0 Å². The van der Waals surface area contributed by atoms with Crippen LogP contribution in [0.1, 0.15) is 10.6 Å². The van der Waals surface area contributed by atoms with E-state index in [0.717, 1.165) is 16.2 Å². The van der Waals surface area contributed by atoms with Gasteiger partial charge in [0, 0.05) is 12.3 Å². The van der Waals surface area contributed by atoms with Crippen LogP contribution in [0.2, 0.25) is 0 Å². The number of thiophene rings is 1. The molecule has 3 aromatic heterocycles. The van der Waals surface area contributed by atoms with Crippen molar-refractivity contribution in [2.75, 3.05) is 0 Å². The number of rotatable bonds is 0. The van der Waals surface area contributed by atoms with Crippen molar-refractivity contribution in [3.63, 3.8) is 0 Å². The highest BCUT2D eigenvalue weighted by Gasteiger charge is 1.95. The van der Waals surface area contributed by atoms with Gasteiger partial charge in [-0.1, -0.05) is 6.07 Å². The Labute approximate surface area is 96.4 Å². The van der Waals surface area contributed by atoms with E-state index in [0.29, 0.717) is 0 Å². The molecule has 76 valence electrons. The molecule has 0 unspecified atom stereocenters. The summed E-state index contributed by atoms with van der Waals surface area (Å²) in [6.07, 6.45) is 3.58. The summed E-state index contributed by atoms with van der Waals surface area (Å²) < 4.78 is 1.72. The summed E-state index contributed by atoms with van der Waals surface area (Å²) in [5.74, 6) is 6.11. The van der Waals surface area contributed by atoms with Gasteiger partial charge in [-0.25, -0.2) is 9.50 Å². The fraction of sp³-hybridized carbons (Fsp3) is 0. The highest BCUT2D eigenvalue weighted by molar-refractivity contribution is 7.10. The molecule has 3 rings (SSSR count). The normalized spacial score (nSPS) is 10.0. The van der Waals surface area contributed by atoms with E-state index in [-0.39, 0.29) is 0 Å². The summed E-state index contributed by atoms with van der Waals surface area (Å²) in [7, 11) is 0. The van der Waals surface area contributed by atoms with Crippen molar-refractivity contribution in [3.8, 4) is 11.8 Å². The van der Waals surface area contributed by atoms with Crippen molar-refractivity contribution in [2.24, 2.45) is 0 Å². The lowest BCUT2D eigenvalue weighted by Crippen LogP contribution is -1.91. The SMILES string of the molecule is C(#Cc1cccs1)c1ccn2nccc2n1. The Hall–Kier alpha value is -2.12. The zero-order valence-electron chi connectivity index (χ0n) is 8.29. The number of nitrogens with zero attached hydrogens (tertiary/aromatic N) is 3. The van der Waals surface area contributed by atoms with Crippen LogP contribution in [0.4, 0.5) is 0 Å². The molecule has 0 saturated carbocycles. The summed E-state index contributed by atoms with van der Waals surface area (Å²) in [6.45, 7) is 0. The largest absolute Gasteiger partial charge is 0.223 e. The van der Waals surface area contributed by atoms with Gasteiger partial charge in [-0.15, -0.1) is 11.3 Å². The second kappa shape index (κ2) is 3.80. The molecule has 0 atom stereocenters. The number of aromatic nitrogens is 3. The summed E-state index contributed by atoms with van der Waals surface area (Å²) in [4.78, 5) is 5.42. The number of hydrogen-bond donors (Lipinski definition) is 0. The van der Waals surface area contributed by atoms with Crippen LogP contribution in [0.5, 0.6) is 0 Å². The molecule has 0 bridgehead atoms. The Balaban J connectivity index is 2.00. The Bertz CT molecular complexity index is 671. The lowest BCUT2D eigenvalue weighted by Gasteiger charge is -1.92. The average Bonchev–Trinajstić information content (AvgIpc) is 2.97. The molecule has 0 fully saturated rings. The predicted molar refractivity (Wildman–Crippen MR) is 63.3 cm³/mol. The number of fused-ring (bicyclic) bond motifs is 1. The minimum Gasteiger partial charge on any atom is -0.223 e. The van der Waals surface area contributed by atoms with Gasteiger partial charge in [0.05, 0.1) is 11.1 Å². The Morgan fingerprint density at radius 3 is 3.06 bits per heavy atom. The van der Waals surface area contributed by atoms with E-state index in [1.54, 1.807) is 22.0 Å². The molecule has 3 aromatic rings. The van der Waals surface area contributed by atoms with Crippen molar-refractivity contribution < 1.29 is 0 Å². The van der Waals surface area contributed by atoms with Crippen LogP contribution in [0.3, 0.4) is 0 Å². The molecule has 4 heteroatoms. The van der Waals surface area contributed by atoms with E-state index in [1.807, 2.05) is 35.8 Å². The smallest absolute Gasteiger partial charge is 0.156 e. The molecular formula is C12H7N3S. The monoisotopic (exact) mass is 225 g/mol. The lowest BCUT2D eigenvalue weighted by atomic mass is 10.4. The summed E-state index contributed by atoms with van der Waals surface area (Å²) in [5, 5.41) is 6.09. The molecule has 0 amide bonds. The zero-order chi connectivity index (χ0) is 10.8. The van der Waals surface area contributed by atoms with Crippen LogP contribution >= 0.6 is 11.3 Å². The quantitative estimate of drug-likeness (QED) is 0.549. The predicted octanol–water partition coefficient (Wildman–Crippen LogP) is 2.19. The Kier molecular flexibility index (Phi) is 2.17. The van der Waals surface area contributed by atoms with Gasteiger partial charge < -0.3 is 0 Å². The Morgan fingerprint density at radius 2 is 2.19 bits per heavy atom. The van der Waals surface area contributed by atoms with E-state index in [9.17, 15) is 0 Å². The molecule has 0 saturated heterocycles. The molecular weight excluding hydrogens is 218 g/mol. The molecule has 0 radical (unpaired) electrons. The molecule has 0 spiro atoms. The van der Waals surface area contributed by atoms with Crippen LogP contribution < -0.4 is 0 Å². The first-order valence-corrected chi connectivity index (χ1v) is 5.66. The topological polar surface area (TPSA) is 30.2 Å². The molecule has 0 N–H and O–H groups in total. The van der Waals surface area contributed by atoms with E-state index >= 15 is 0 Å². The van der Waals surface area contributed by atoms with E-state index < -0.39 is 0 Å². The van der Waals surface area contributed by atoms with Crippen LogP contribution in [0.25, 0.3) is 5.65 Å². The minimum atomic E-state index is 0.765. The van der Waals surface area contributed by atoms with Crippen LogP contribution in [0, 0.1) is 11.8 Å². The molecule has 3 nitrogen and oxygen atoms in total. The van der Waals surface area contributed by atoms with E-state index in [2.05, 4.69) is 21.9 Å². The van der Waals surface area contributed by atoms with Gasteiger partial charge in [0.2, 0.25) is 0 Å². The molecule has 3 heterocycles. The highest BCUT2D eigenvalue weighted by Crippen LogP contribution is 2.06. The van der Waals surface area contributed by atoms with Crippen molar-refractivity contribution >= 4 is 17.0 Å². The average molecular weight is 225 g/mol. The van der Waals surface area contributed by atoms with E-state index in [4.69, 9.17) is 0 Å². The van der Waals surface area contributed by atoms with Gasteiger partial charge in [-0.2, -0.15) is 5.10 Å². The van der Waals surface area contributed by atoms with Gasteiger partial charge in [0.15, 0.2) is 5.65 Å². The molecule has 0 aromatic carbocycles. The first kappa shape index (κ1) is 9.13. The molecule has 16 heavy (non-hydrogen) atoms. The van der Waals surface area contributed by atoms with Gasteiger partial charge in [0.25, 0.3) is 0 Å². The summed E-state index contributed by atoms with van der Waals surface area (Å²) in [6, 6.07) is 7.70. The van der Waals surface area contributed by atoms with Crippen molar-refractivity contribution in [2.45, 2.75) is 0 Å².